The topological polar surface area (TPSA) is 39.9 Å². The summed E-state index contributed by atoms with van der Waals surface area (Å²) in [5.74, 6) is 0.851. The lowest BCUT2D eigenvalue weighted by Crippen LogP contribution is -1.96. The Labute approximate surface area is 135 Å². The lowest BCUT2D eigenvalue weighted by Gasteiger charge is -2.06. The zero-order valence-electron chi connectivity index (χ0n) is 13.6. The molecular weight excluding hydrogens is 286 g/mol. The number of benzene rings is 1. The Balaban J connectivity index is 1.95. The van der Waals surface area contributed by atoms with Gasteiger partial charge in [0.2, 0.25) is 0 Å². The summed E-state index contributed by atoms with van der Waals surface area (Å²) in [7, 11) is 3.69. The van der Waals surface area contributed by atoms with E-state index < -0.39 is 0 Å². The standard InChI is InChI=1S/C19H19N3O/c1-4-12-7-10-16-17(12)19-15(11-20-16)18(21-22(19)2)13-5-8-14(23-3)9-6-13/h5-9,11H,4,10H2,1-3H3. The maximum Gasteiger partial charge on any atom is 0.118 e. The van der Waals surface area contributed by atoms with Crippen LogP contribution in [0.5, 0.6) is 5.75 Å². The summed E-state index contributed by atoms with van der Waals surface area (Å²) < 4.78 is 7.23. The van der Waals surface area contributed by atoms with Gasteiger partial charge in [0, 0.05) is 36.2 Å². The van der Waals surface area contributed by atoms with Gasteiger partial charge < -0.3 is 4.74 Å². The van der Waals surface area contributed by atoms with E-state index in [-0.39, 0.29) is 0 Å². The second kappa shape index (κ2) is 5.23. The van der Waals surface area contributed by atoms with E-state index in [1.54, 1.807) is 7.11 Å². The first-order chi connectivity index (χ1) is 11.2. The third kappa shape index (κ3) is 2.05. The molecule has 23 heavy (non-hydrogen) atoms. The number of hydrogen-bond acceptors (Lipinski definition) is 3. The van der Waals surface area contributed by atoms with Gasteiger partial charge in [0.1, 0.15) is 11.4 Å². The highest BCUT2D eigenvalue weighted by Crippen LogP contribution is 2.37. The van der Waals surface area contributed by atoms with E-state index in [0.717, 1.165) is 35.2 Å². The Hall–Kier alpha value is -2.62. The van der Waals surface area contributed by atoms with Crippen LogP contribution >= 0.6 is 0 Å². The first kappa shape index (κ1) is 14.0. The fraction of sp³-hybridized carbons (Fsp3) is 0.263. The average Bonchev–Trinajstić information content (AvgIpc) is 3.15. The maximum atomic E-state index is 5.24. The summed E-state index contributed by atoms with van der Waals surface area (Å²) in [6.45, 7) is 2.19. The quantitative estimate of drug-likeness (QED) is 0.734. The van der Waals surface area contributed by atoms with E-state index in [4.69, 9.17) is 9.84 Å². The molecule has 116 valence electrons. The van der Waals surface area contributed by atoms with Crippen molar-refractivity contribution in [3.8, 4) is 17.0 Å². The number of hydrogen-bond donors (Lipinski definition) is 0. The van der Waals surface area contributed by atoms with Gasteiger partial charge in [0.05, 0.1) is 18.3 Å². The Bertz CT molecular complexity index is 920. The zero-order chi connectivity index (χ0) is 16.0. The molecule has 2 heterocycles. The SMILES string of the molecule is CCC1=CCc2ncc3c(-c4ccc(OC)cc4)nn(C)c3c21. The minimum Gasteiger partial charge on any atom is -0.497 e. The number of methoxy groups -OCH3 is 1. The molecule has 4 heteroatoms. The summed E-state index contributed by atoms with van der Waals surface area (Å²) in [6, 6.07) is 8.02. The van der Waals surface area contributed by atoms with Crippen LogP contribution in [0.25, 0.3) is 27.7 Å². The first-order valence-corrected chi connectivity index (χ1v) is 7.91. The van der Waals surface area contributed by atoms with Crippen LogP contribution in [0.3, 0.4) is 0 Å². The van der Waals surface area contributed by atoms with Crippen LogP contribution in [0.1, 0.15) is 24.6 Å². The second-order valence-electron chi connectivity index (χ2n) is 5.83. The largest absolute Gasteiger partial charge is 0.497 e. The number of rotatable bonds is 3. The third-order valence-electron chi connectivity index (χ3n) is 4.57. The highest BCUT2D eigenvalue weighted by atomic mass is 16.5. The Morgan fingerprint density at radius 1 is 1.22 bits per heavy atom. The molecule has 3 aromatic rings. The summed E-state index contributed by atoms with van der Waals surface area (Å²) in [5.41, 5.74) is 7.06. The molecular formula is C19H19N3O. The van der Waals surface area contributed by atoms with E-state index >= 15 is 0 Å². The van der Waals surface area contributed by atoms with Crippen LogP contribution in [-0.2, 0) is 13.5 Å². The van der Waals surface area contributed by atoms with Gasteiger partial charge >= 0.3 is 0 Å². The fourth-order valence-corrected chi connectivity index (χ4v) is 3.40. The number of pyridine rings is 1. The monoisotopic (exact) mass is 305 g/mol. The van der Waals surface area contributed by atoms with Gasteiger partial charge in [-0.3, -0.25) is 9.67 Å². The molecule has 2 aromatic heterocycles. The van der Waals surface area contributed by atoms with Gasteiger partial charge in [-0.2, -0.15) is 5.10 Å². The van der Waals surface area contributed by atoms with Crippen molar-refractivity contribution in [2.75, 3.05) is 7.11 Å². The molecule has 1 aromatic carbocycles. The molecule has 0 aliphatic heterocycles. The average molecular weight is 305 g/mol. The van der Waals surface area contributed by atoms with Crippen molar-refractivity contribution < 1.29 is 4.74 Å². The predicted octanol–water partition coefficient (Wildman–Crippen LogP) is 3.99. The van der Waals surface area contributed by atoms with Crippen LogP contribution in [0.15, 0.2) is 36.5 Å². The minimum atomic E-state index is 0.851. The maximum absolute atomic E-state index is 5.24. The Morgan fingerprint density at radius 2 is 2.00 bits per heavy atom. The molecule has 0 saturated carbocycles. The summed E-state index contributed by atoms with van der Waals surface area (Å²) >= 11 is 0. The molecule has 4 rings (SSSR count). The molecule has 0 radical (unpaired) electrons. The van der Waals surface area contributed by atoms with Gasteiger partial charge in [-0.05, 0) is 36.3 Å². The Morgan fingerprint density at radius 3 is 2.70 bits per heavy atom. The lowest BCUT2D eigenvalue weighted by atomic mass is 10.0. The van der Waals surface area contributed by atoms with Crippen LogP contribution < -0.4 is 4.74 Å². The highest BCUT2D eigenvalue weighted by molar-refractivity contribution is 6.00. The number of fused-ring (bicyclic) bond motifs is 3. The molecule has 0 atom stereocenters. The molecule has 0 unspecified atom stereocenters. The molecule has 0 N–H and O–H groups in total. The van der Waals surface area contributed by atoms with Gasteiger partial charge in [-0.1, -0.05) is 13.0 Å². The number of aryl methyl sites for hydroxylation is 1. The van der Waals surface area contributed by atoms with Crippen LogP contribution in [0, 0.1) is 0 Å². The molecule has 0 amide bonds. The van der Waals surface area contributed by atoms with Gasteiger partial charge in [0.25, 0.3) is 0 Å². The Kier molecular flexibility index (Phi) is 3.18. The van der Waals surface area contributed by atoms with Gasteiger partial charge in [-0.25, -0.2) is 0 Å². The highest BCUT2D eigenvalue weighted by Gasteiger charge is 2.22. The van der Waals surface area contributed by atoms with E-state index in [1.807, 2.05) is 42.2 Å². The molecule has 1 aliphatic rings. The van der Waals surface area contributed by atoms with Crippen molar-refractivity contribution in [3.63, 3.8) is 0 Å². The lowest BCUT2D eigenvalue weighted by molar-refractivity contribution is 0.415. The van der Waals surface area contributed by atoms with Crippen molar-refractivity contribution in [2.24, 2.45) is 7.05 Å². The number of aromatic nitrogens is 3. The molecule has 0 spiro atoms. The van der Waals surface area contributed by atoms with Crippen LogP contribution in [0.4, 0.5) is 0 Å². The van der Waals surface area contributed by atoms with E-state index in [0.29, 0.717) is 0 Å². The number of ether oxygens (including phenoxy) is 1. The minimum absolute atomic E-state index is 0.851. The molecule has 0 bridgehead atoms. The normalized spacial score (nSPS) is 13.3. The molecule has 1 aliphatic carbocycles. The summed E-state index contributed by atoms with van der Waals surface area (Å²) in [6.07, 6.45) is 6.21. The molecule has 0 saturated heterocycles. The number of allylic oxidation sites excluding steroid dienone is 2. The van der Waals surface area contributed by atoms with E-state index in [9.17, 15) is 0 Å². The van der Waals surface area contributed by atoms with Crippen molar-refractivity contribution in [1.29, 1.82) is 0 Å². The van der Waals surface area contributed by atoms with Crippen LogP contribution in [-0.4, -0.2) is 21.9 Å². The smallest absolute Gasteiger partial charge is 0.118 e. The zero-order valence-corrected chi connectivity index (χ0v) is 13.6. The predicted molar refractivity (Wildman–Crippen MR) is 92.5 cm³/mol. The van der Waals surface area contributed by atoms with Crippen molar-refractivity contribution in [1.82, 2.24) is 14.8 Å². The van der Waals surface area contributed by atoms with Crippen LogP contribution in [0.2, 0.25) is 0 Å². The van der Waals surface area contributed by atoms with Crippen molar-refractivity contribution in [3.05, 3.63) is 47.8 Å². The second-order valence-corrected chi connectivity index (χ2v) is 5.83. The first-order valence-electron chi connectivity index (χ1n) is 7.91. The summed E-state index contributed by atoms with van der Waals surface area (Å²) in [4.78, 5) is 4.69. The van der Waals surface area contributed by atoms with Crippen molar-refractivity contribution >= 4 is 16.5 Å². The molecule has 4 nitrogen and oxygen atoms in total. The fourth-order valence-electron chi connectivity index (χ4n) is 3.40. The van der Waals surface area contributed by atoms with Crippen molar-refractivity contribution in [2.45, 2.75) is 19.8 Å². The molecule has 0 fully saturated rings. The third-order valence-corrected chi connectivity index (χ3v) is 4.57. The van der Waals surface area contributed by atoms with Gasteiger partial charge in [0.15, 0.2) is 0 Å². The summed E-state index contributed by atoms with van der Waals surface area (Å²) in [5, 5.41) is 5.88. The van der Waals surface area contributed by atoms with Gasteiger partial charge in [-0.15, -0.1) is 0 Å². The van der Waals surface area contributed by atoms with E-state index in [1.165, 1.54) is 22.3 Å². The van der Waals surface area contributed by atoms with E-state index in [2.05, 4.69) is 18.0 Å². The number of nitrogens with zero attached hydrogens (tertiary/aromatic N) is 3.